The van der Waals surface area contributed by atoms with Gasteiger partial charge in [-0.05, 0) is 24.6 Å². The summed E-state index contributed by atoms with van der Waals surface area (Å²) in [7, 11) is 0. The highest BCUT2D eigenvalue weighted by Crippen LogP contribution is 2.22. The molecule has 4 aromatic rings. The summed E-state index contributed by atoms with van der Waals surface area (Å²) >= 11 is 5.88. The smallest absolute Gasteiger partial charge is 0.282 e. The fraction of sp³-hybridized carbons (Fsp3) is 0.182. The van der Waals surface area contributed by atoms with E-state index in [0.29, 0.717) is 17.6 Å². The number of benzene rings is 2. The molecule has 0 aliphatic carbocycles. The van der Waals surface area contributed by atoms with E-state index >= 15 is 0 Å². The number of nitro benzene ring substituents is 1. The van der Waals surface area contributed by atoms with Gasteiger partial charge in [-0.25, -0.2) is 9.67 Å². The van der Waals surface area contributed by atoms with Gasteiger partial charge < -0.3 is 5.32 Å². The van der Waals surface area contributed by atoms with Crippen molar-refractivity contribution in [2.45, 2.75) is 20.0 Å². The molecule has 0 radical (unpaired) electrons. The van der Waals surface area contributed by atoms with Crippen LogP contribution in [-0.4, -0.2) is 36.7 Å². The summed E-state index contributed by atoms with van der Waals surface area (Å²) in [6.07, 6.45) is 2.91. The summed E-state index contributed by atoms with van der Waals surface area (Å²) in [4.78, 5) is 40.2. The first-order valence-corrected chi connectivity index (χ1v) is 10.4. The Kier molecular flexibility index (Phi) is 6.18. The highest BCUT2D eigenvalue weighted by molar-refractivity contribution is 6.31. The summed E-state index contributed by atoms with van der Waals surface area (Å²) in [6.45, 7) is 2.73. The molecule has 11 heteroatoms. The van der Waals surface area contributed by atoms with Crippen LogP contribution < -0.4 is 10.9 Å². The molecule has 0 atom stereocenters. The van der Waals surface area contributed by atoms with Crippen LogP contribution in [0.15, 0.2) is 59.8 Å². The number of aromatic nitrogens is 4. The molecule has 0 saturated carbocycles. The Bertz CT molecular complexity index is 1410. The van der Waals surface area contributed by atoms with E-state index in [4.69, 9.17) is 11.6 Å². The van der Waals surface area contributed by atoms with E-state index in [2.05, 4.69) is 15.4 Å². The lowest BCUT2D eigenvalue weighted by Gasteiger charge is -2.08. The summed E-state index contributed by atoms with van der Waals surface area (Å²) < 4.78 is 3.01. The van der Waals surface area contributed by atoms with Gasteiger partial charge >= 0.3 is 0 Å². The molecule has 0 spiro atoms. The van der Waals surface area contributed by atoms with Gasteiger partial charge in [0.2, 0.25) is 0 Å². The lowest BCUT2D eigenvalue weighted by Crippen LogP contribution is -2.28. The van der Waals surface area contributed by atoms with Gasteiger partial charge in [-0.2, -0.15) is 5.10 Å². The third-order valence-electron chi connectivity index (χ3n) is 5.10. The van der Waals surface area contributed by atoms with Crippen molar-refractivity contribution in [1.29, 1.82) is 0 Å². The fourth-order valence-electron chi connectivity index (χ4n) is 3.38. The molecule has 4 rings (SSSR count). The predicted molar refractivity (Wildman–Crippen MR) is 123 cm³/mol. The van der Waals surface area contributed by atoms with E-state index in [9.17, 15) is 19.7 Å². The number of hydrogen-bond donors (Lipinski definition) is 1. The number of hydrogen-bond acceptors (Lipinski definition) is 6. The van der Waals surface area contributed by atoms with Gasteiger partial charge in [0.1, 0.15) is 17.3 Å². The minimum absolute atomic E-state index is 0.118. The second-order valence-electron chi connectivity index (χ2n) is 7.44. The van der Waals surface area contributed by atoms with Gasteiger partial charge in [0.15, 0.2) is 5.65 Å². The van der Waals surface area contributed by atoms with Crippen molar-refractivity contribution in [2.75, 3.05) is 6.54 Å². The van der Waals surface area contributed by atoms with Gasteiger partial charge in [0, 0.05) is 17.6 Å². The highest BCUT2D eigenvalue weighted by atomic mass is 35.5. The Morgan fingerprint density at radius 1 is 1.21 bits per heavy atom. The third kappa shape index (κ3) is 4.75. The first kappa shape index (κ1) is 22.2. The van der Waals surface area contributed by atoms with Gasteiger partial charge in [-0.3, -0.25) is 24.3 Å². The number of nitrogens with one attached hydrogen (secondary N) is 1. The van der Waals surface area contributed by atoms with E-state index in [1.54, 1.807) is 0 Å². The first-order chi connectivity index (χ1) is 15.8. The number of carbonyl (C=O) groups is 1. The highest BCUT2D eigenvalue weighted by Gasteiger charge is 2.20. The topological polar surface area (TPSA) is 125 Å². The Hall–Kier alpha value is -4.05. The van der Waals surface area contributed by atoms with Crippen molar-refractivity contribution in [3.05, 3.63) is 97.2 Å². The molecule has 0 fully saturated rings. The van der Waals surface area contributed by atoms with Crippen molar-refractivity contribution in [2.24, 2.45) is 0 Å². The molecule has 1 N–H and O–H groups in total. The molecule has 2 aromatic heterocycles. The molecule has 33 heavy (non-hydrogen) atoms. The zero-order valence-corrected chi connectivity index (χ0v) is 18.3. The fourth-order valence-corrected chi connectivity index (χ4v) is 3.56. The third-order valence-corrected chi connectivity index (χ3v) is 5.34. The van der Waals surface area contributed by atoms with E-state index < -0.39 is 10.8 Å². The number of aryl methyl sites for hydroxylation is 1. The standard InChI is InChI=1S/C22H19ClN6O4/c1-14-2-4-15(5-3-14)12-27-13-25-20-18(22(27)31)11-26-28(20)9-8-24-21(30)17-10-16(23)6-7-19(17)29(32)33/h2-7,10-11,13H,8-9,12H2,1H3,(H,24,30). The molecular formula is C22H19ClN6O4. The second-order valence-corrected chi connectivity index (χ2v) is 7.88. The summed E-state index contributed by atoms with van der Waals surface area (Å²) in [5.41, 5.74) is 1.83. The molecule has 2 aromatic carbocycles. The largest absolute Gasteiger partial charge is 0.350 e. The van der Waals surface area contributed by atoms with E-state index in [1.165, 1.54) is 40.0 Å². The molecule has 2 heterocycles. The molecule has 0 aliphatic heterocycles. The minimum Gasteiger partial charge on any atom is -0.350 e. The van der Waals surface area contributed by atoms with Gasteiger partial charge in [-0.1, -0.05) is 41.4 Å². The van der Waals surface area contributed by atoms with Crippen LogP contribution in [0, 0.1) is 17.0 Å². The minimum atomic E-state index is -0.641. The zero-order valence-electron chi connectivity index (χ0n) is 17.6. The second kappa shape index (κ2) is 9.21. The van der Waals surface area contributed by atoms with Crippen LogP contribution in [0.5, 0.6) is 0 Å². The SMILES string of the molecule is Cc1ccc(Cn2cnc3c(cnn3CCNC(=O)c3cc(Cl)ccc3[N+](=O)[O-])c2=O)cc1. The van der Waals surface area contributed by atoms with Crippen LogP contribution in [0.1, 0.15) is 21.5 Å². The Morgan fingerprint density at radius 2 is 1.97 bits per heavy atom. The zero-order chi connectivity index (χ0) is 23.5. The average molecular weight is 467 g/mol. The van der Waals surface area contributed by atoms with Gasteiger partial charge in [0.25, 0.3) is 17.2 Å². The van der Waals surface area contributed by atoms with E-state index in [-0.39, 0.29) is 34.9 Å². The number of carbonyl (C=O) groups excluding carboxylic acids is 1. The lowest BCUT2D eigenvalue weighted by atomic mass is 10.1. The summed E-state index contributed by atoms with van der Waals surface area (Å²) in [5, 5.41) is 18.6. The number of amides is 1. The van der Waals surface area contributed by atoms with Crippen LogP contribution in [0.2, 0.25) is 5.02 Å². The number of rotatable bonds is 7. The summed E-state index contributed by atoms with van der Waals surface area (Å²) in [6, 6.07) is 11.7. The van der Waals surface area contributed by atoms with Crippen LogP contribution in [0.3, 0.4) is 0 Å². The van der Waals surface area contributed by atoms with E-state index in [1.807, 2.05) is 31.2 Å². The lowest BCUT2D eigenvalue weighted by molar-refractivity contribution is -0.385. The van der Waals surface area contributed by atoms with Crippen LogP contribution in [0.4, 0.5) is 5.69 Å². The van der Waals surface area contributed by atoms with Crippen LogP contribution in [-0.2, 0) is 13.1 Å². The van der Waals surface area contributed by atoms with Gasteiger partial charge in [0.05, 0.1) is 24.2 Å². The maximum absolute atomic E-state index is 12.8. The van der Waals surface area contributed by atoms with Crippen molar-refractivity contribution in [3.63, 3.8) is 0 Å². The van der Waals surface area contributed by atoms with E-state index in [0.717, 1.165) is 11.1 Å². The van der Waals surface area contributed by atoms with Crippen LogP contribution in [0.25, 0.3) is 11.0 Å². The van der Waals surface area contributed by atoms with Gasteiger partial charge in [-0.15, -0.1) is 0 Å². The first-order valence-electron chi connectivity index (χ1n) is 10.0. The average Bonchev–Trinajstić information content (AvgIpc) is 3.20. The Labute approximate surface area is 192 Å². The maximum Gasteiger partial charge on any atom is 0.282 e. The summed E-state index contributed by atoms with van der Waals surface area (Å²) in [5.74, 6) is -0.630. The monoisotopic (exact) mass is 466 g/mol. The number of nitro groups is 1. The normalized spacial score (nSPS) is 11.0. The Balaban J connectivity index is 1.47. The van der Waals surface area contributed by atoms with Crippen molar-refractivity contribution < 1.29 is 9.72 Å². The molecule has 10 nitrogen and oxygen atoms in total. The molecule has 168 valence electrons. The van der Waals surface area contributed by atoms with Crippen LogP contribution >= 0.6 is 11.6 Å². The maximum atomic E-state index is 12.8. The molecule has 1 amide bonds. The quantitative estimate of drug-likeness (QED) is 0.330. The molecular weight excluding hydrogens is 448 g/mol. The Morgan fingerprint density at radius 3 is 2.70 bits per heavy atom. The number of halogens is 1. The molecule has 0 saturated heterocycles. The predicted octanol–water partition coefficient (Wildman–Crippen LogP) is 2.94. The molecule has 0 unspecified atom stereocenters. The van der Waals surface area contributed by atoms with Crippen molar-refractivity contribution in [1.82, 2.24) is 24.6 Å². The molecule has 0 bridgehead atoms. The molecule has 0 aliphatic rings. The number of nitrogens with zero attached hydrogens (tertiary/aromatic N) is 5. The van der Waals surface area contributed by atoms with Crippen molar-refractivity contribution >= 4 is 34.2 Å². The number of fused-ring (bicyclic) bond motifs is 1. The van der Waals surface area contributed by atoms with Crippen molar-refractivity contribution in [3.8, 4) is 0 Å².